The van der Waals surface area contributed by atoms with Crippen LogP contribution in [-0.4, -0.2) is 32.2 Å². The summed E-state index contributed by atoms with van der Waals surface area (Å²) in [5.74, 6) is 0.627. The Labute approximate surface area is 178 Å². The van der Waals surface area contributed by atoms with Gasteiger partial charge in [0.15, 0.2) is 16.8 Å². The molecule has 3 aromatic rings. The Bertz CT molecular complexity index is 1030. The number of halogens is 1. The van der Waals surface area contributed by atoms with Crippen LogP contribution in [0, 0.1) is 0 Å². The molecule has 0 saturated heterocycles. The van der Waals surface area contributed by atoms with Gasteiger partial charge in [0.25, 0.3) is 0 Å². The van der Waals surface area contributed by atoms with Gasteiger partial charge in [0, 0.05) is 23.7 Å². The van der Waals surface area contributed by atoms with Crippen molar-refractivity contribution >= 4 is 41.1 Å². The van der Waals surface area contributed by atoms with Gasteiger partial charge in [0.1, 0.15) is 0 Å². The van der Waals surface area contributed by atoms with Crippen LogP contribution in [0.5, 0.6) is 0 Å². The molecular weight excluding hydrogens is 408 g/mol. The zero-order chi connectivity index (χ0) is 20.6. The molecule has 0 spiro atoms. The van der Waals surface area contributed by atoms with Gasteiger partial charge < -0.3 is 9.88 Å². The molecule has 8 heteroatoms. The SMILES string of the molecule is Cn1c(CNC(=O)/C=C/c2ccccc2Cl)nnc1SCC(=O)c1ccccc1. The number of aromatic nitrogens is 3. The van der Waals surface area contributed by atoms with Crippen molar-refractivity contribution in [2.45, 2.75) is 11.7 Å². The van der Waals surface area contributed by atoms with E-state index in [1.54, 1.807) is 35.9 Å². The van der Waals surface area contributed by atoms with Crippen molar-refractivity contribution in [1.29, 1.82) is 0 Å². The molecule has 1 aromatic heterocycles. The molecule has 0 bridgehead atoms. The molecule has 1 N–H and O–H groups in total. The number of carbonyl (C=O) groups excluding carboxylic acids is 2. The van der Waals surface area contributed by atoms with Gasteiger partial charge >= 0.3 is 0 Å². The lowest BCUT2D eigenvalue weighted by atomic mass is 10.2. The highest BCUT2D eigenvalue weighted by Gasteiger charge is 2.13. The standard InChI is InChI=1S/C21H19ClN4O2S/c1-26-19(13-23-20(28)12-11-15-7-5-6-10-17(15)22)24-25-21(26)29-14-18(27)16-8-3-2-4-9-16/h2-12H,13-14H2,1H3,(H,23,28)/b12-11+. The topological polar surface area (TPSA) is 76.9 Å². The van der Waals surface area contributed by atoms with Gasteiger partial charge in [-0.2, -0.15) is 0 Å². The van der Waals surface area contributed by atoms with E-state index in [4.69, 9.17) is 11.6 Å². The molecule has 0 fully saturated rings. The molecule has 3 rings (SSSR count). The monoisotopic (exact) mass is 426 g/mol. The lowest BCUT2D eigenvalue weighted by molar-refractivity contribution is -0.116. The number of Topliss-reactive ketones (excluding diaryl/α,β-unsaturated/α-hetero) is 1. The maximum absolute atomic E-state index is 12.2. The molecule has 0 aliphatic rings. The van der Waals surface area contributed by atoms with E-state index >= 15 is 0 Å². The molecule has 29 heavy (non-hydrogen) atoms. The quantitative estimate of drug-likeness (QED) is 0.337. The predicted molar refractivity (Wildman–Crippen MR) is 115 cm³/mol. The number of benzene rings is 2. The van der Waals surface area contributed by atoms with E-state index in [9.17, 15) is 9.59 Å². The van der Waals surface area contributed by atoms with Crippen molar-refractivity contribution in [3.8, 4) is 0 Å². The number of amides is 1. The van der Waals surface area contributed by atoms with E-state index in [0.717, 1.165) is 5.56 Å². The van der Waals surface area contributed by atoms with Gasteiger partial charge in [0.2, 0.25) is 5.91 Å². The van der Waals surface area contributed by atoms with Crippen molar-refractivity contribution < 1.29 is 9.59 Å². The predicted octanol–water partition coefficient (Wildman–Crippen LogP) is 3.77. The molecule has 2 aromatic carbocycles. The van der Waals surface area contributed by atoms with Crippen LogP contribution in [0.4, 0.5) is 0 Å². The van der Waals surface area contributed by atoms with Crippen molar-refractivity contribution in [2.24, 2.45) is 7.05 Å². The number of ketones is 1. The number of thioether (sulfide) groups is 1. The van der Waals surface area contributed by atoms with Gasteiger partial charge in [-0.25, -0.2) is 0 Å². The molecule has 6 nitrogen and oxygen atoms in total. The highest BCUT2D eigenvalue weighted by atomic mass is 35.5. The molecule has 1 heterocycles. The Morgan fingerprint density at radius 2 is 1.83 bits per heavy atom. The Morgan fingerprint density at radius 3 is 2.59 bits per heavy atom. The molecule has 0 saturated carbocycles. The minimum Gasteiger partial charge on any atom is -0.345 e. The molecule has 0 aliphatic heterocycles. The first-order chi connectivity index (χ1) is 14.0. The zero-order valence-corrected chi connectivity index (χ0v) is 17.3. The second kappa shape index (κ2) is 10.0. The van der Waals surface area contributed by atoms with Crippen LogP contribution in [0.2, 0.25) is 5.02 Å². The third kappa shape index (κ3) is 5.79. The van der Waals surface area contributed by atoms with Gasteiger partial charge in [-0.1, -0.05) is 71.9 Å². The first-order valence-electron chi connectivity index (χ1n) is 8.84. The normalized spacial score (nSPS) is 11.0. The third-order valence-electron chi connectivity index (χ3n) is 4.09. The average molecular weight is 427 g/mol. The maximum Gasteiger partial charge on any atom is 0.244 e. The number of rotatable bonds is 8. The zero-order valence-electron chi connectivity index (χ0n) is 15.7. The average Bonchev–Trinajstić information content (AvgIpc) is 3.10. The molecule has 0 unspecified atom stereocenters. The van der Waals surface area contributed by atoms with E-state index in [2.05, 4.69) is 15.5 Å². The highest BCUT2D eigenvalue weighted by molar-refractivity contribution is 7.99. The first kappa shape index (κ1) is 20.8. The molecule has 0 atom stereocenters. The van der Waals surface area contributed by atoms with Crippen LogP contribution in [-0.2, 0) is 18.4 Å². The largest absolute Gasteiger partial charge is 0.345 e. The van der Waals surface area contributed by atoms with E-state index in [1.807, 2.05) is 36.4 Å². The summed E-state index contributed by atoms with van der Waals surface area (Å²) in [6.45, 7) is 0.225. The van der Waals surface area contributed by atoms with E-state index < -0.39 is 0 Å². The Kier molecular flexibility index (Phi) is 7.21. The maximum atomic E-state index is 12.2. The third-order valence-corrected chi connectivity index (χ3v) is 5.46. The number of carbonyl (C=O) groups is 2. The summed E-state index contributed by atoms with van der Waals surface area (Å²) in [5, 5.41) is 12.2. The van der Waals surface area contributed by atoms with Gasteiger partial charge in [0.05, 0.1) is 12.3 Å². The highest BCUT2D eigenvalue weighted by Crippen LogP contribution is 2.18. The summed E-state index contributed by atoms with van der Waals surface area (Å²) >= 11 is 7.38. The van der Waals surface area contributed by atoms with E-state index in [-0.39, 0.29) is 24.0 Å². The van der Waals surface area contributed by atoms with Crippen LogP contribution < -0.4 is 5.32 Å². The van der Waals surface area contributed by atoms with Crippen molar-refractivity contribution in [1.82, 2.24) is 20.1 Å². The van der Waals surface area contributed by atoms with Gasteiger partial charge in [-0.15, -0.1) is 10.2 Å². The number of nitrogens with zero attached hydrogens (tertiary/aromatic N) is 3. The molecule has 0 aliphatic carbocycles. The molecule has 148 valence electrons. The van der Waals surface area contributed by atoms with Crippen LogP contribution in [0.25, 0.3) is 6.08 Å². The van der Waals surface area contributed by atoms with Crippen molar-refractivity contribution in [2.75, 3.05) is 5.75 Å². The Morgan fingerprint density at radius 1 is 1.10 bits per heavy atom. The van der Waals surface area contributed by atoms with Crippen LogP contribution in [0.3, 0.4) is 0 Å². The lowest BCUT2D eigenvalue weighted by Crippen LogP contribution is -2.22. The minimum atomic E-state index is -0.263. The number of hydrogen-bond donors (Lipinski definition) is 1. The number of nitrogens with one attached hydrogen (secondary N) is 1. The Hall–Kier alpha value is -2.90. The van der Waals surface area contributed by atoms with Crippen molar-refractivity contribution in [3.05, 3.63) is 82.6 Å². The summed E-state index contributed by atoms with van der Waals surface area (Å²) in [4.78, 5) is 24.3. The fourth-order valence-electron chi connectivity index (χ4n) is 2.46. The summed E-state index contributed by atoms with van der Waals surface area (Å²) in [5.41, 5.74) is 1.43. The van der Waals surface area contributed by atoms with Crippen LogP contribution >= 0.6 is 23.4 Å². The molecular formula is C21H19ClN4O2S. The first-order valence-corrected chi connectivity index (χ1v) is 10.2. The molecule has 1 amide bonds. The fraction of sp³-hybridized carbons (Fsp3) is 0.143. The Balaban J connectivity index is 1.52. The summed E-state index contributed by atoms with van der Waals surface area (Å²) in [7, 11) is 1.80. The van der Waals surface area contributed by atoms with Crippen LogP contribution in [0.15, 0.2) is 65.8 Å². The van der Waals surface area contributed by atoms with Crippen LogP contribution in [0.1, 0.15) is 21.7 Å². The minimum absolute atomic E-state index is 0.0261. The molecule has 0 radical (unpaired) electrons. The summed E-state index contributed by atoms with van der Waals surface area (Å²) in [6, 6.07) is 16.4. The second-order valence-corrected chi connectivity index (χ2v) is 7.46. The smallest absolute Gasteiger partial charge is 0.244 e. The van der Waals surface area contributed by atoms with Gasteiger partial charge in [-0.05, 0) is 17.7 Å². The van der Waals surface area contributed by atoms with E-state index in [1.165, 1.54) is 17.8 Å². The van der Waals surface area contributed by atoms with Crippen molar-refractivity contribution in [3.63, 3.8) is 0 Å². The summed E-state index contributed by atoms with van der Waals surface area (Å²) < 4.78 is 1.76. The lowest BCUT2D eigenvalue weighted by Gasteiger charge is -2.04. The number of hydrogen-bond acceptors (Lipinski definition) is 5. The van der Waals surface area contributed by atoms with E-state index in [0.29, 0.717) is 21.6 Å². The van der Waals surface area contributed by atoms with Gasteiger partial charge in [-0.3, -0.25) is 9.59 Å². The fourth-order valence-corrected chi connectivity index (χ4v) is 3.49. The second-order valence-electron chi connectivity index (χ2n) is 6.11. The summed E-state index contributed by atoms with van der Waals surface area (Å²) in [6.07, 6.45) is 3.08.